The molecule has 0 amide bonds. The molecule has 126 valence electrons. The number of anilines is 2. The maximum absolute atomic E-state index is 5.96. The number of aryl methyl sites for hydroxylation is 1. The van der Waals surface area contributed by atoms with Gasteiger partial charge in [-0.05, 0) is 19.1 Å². The van der Waals surface area contributed by atoms with Gasteiger partial charge in [-0.2, -0.15) is 4.98 Å². The largest absolute Gasteiger partial charge is 0.496 e. The van der Waals surface area contributed by atoms with E-state index in [0.29, 0.717) is 22.7 Å². The van der Waals surface area contributed by atoms with Gasteiger partial charge in [-0.15, -0.1) is 16.4 Å². The Kier molecular flexibility index (Phi) is 3.98. The first-order valence-electron chi connectivity index (χ1n) is 7.40. The standard InChI is InChI=1S/C16H13ClN6OS/c1-9-18-13(17)7-14(19-9)20-15-21-16-23(22-15)11(8-25-16)10-5-3-4-6-12(10)24-2/h3-8H,1-2H3,(H,18,19,20,22). The van der Waals surface area contributed by atoms with Crippen LogP contribution in [-0.4, -0.2) is 31.7 Å². The summed E-state index contributed by atoms with van der Waals surface area (Å²) in [6.45, 7) is 1.77. The van der Waals surface area contributed by atoms with Crippen LogP contribution in [0.15, 0.2) is 35.7 Å². The van der Waals surface area contributed by atoms with Crippen LogP contribution < -0.4 is 10.1 Å². The maximum Gasteiger partial charge on any atom is 0.249 e. The monoisotopic (exact) mass is 372 g/mol. The topological polar surface area (TPSA) is 77.2 Å². The van der Waals surface area contributed by atoms with Crippen molar-refractivity contribution in [2.24, 2.45) is 0 Å². The van der Waals surface area contributed by atoms with Gasteiger partial charge in [-0.3, -0.25) is 0 Å². The highest BCUT2D eigenvalue weighted by Crippen LogP contribution is 2.32. The van der Waals surface area contributed by atoms with Crippen LogP contribution in [0.4, 0.5) is 11.8 Å². The van der Waals surface area contributed by atoms with Crippen molar-refractivity contribution < 1.29 is 4.74 Å². The van der Waals surface area contributed by atoms with E-state index in [0.717, 1.165) is 22.0 Å². The Labute approximate surface area is 152 Å². The number of benzene rings is 1. The third-order valence-electron chi connectivity index (χ3n) is 3.51. The zero-order valence-corrected chi connectivity index (χ0v) is 15.0. The zero-order valence-electron chi connectivity index (χ0n) is 13.4. The van der Waals surface area contributed by atoms with Crippen molar-refractivity contribution in [1.29, 1.82) is 0 Å². The molecular weight excluding hydrogens is 360 g/mol. The Bertz CT molecular complexity index is 1040. The number of halogens is 1. The number of ether oxygens (including phenoxy) is 1. The molecule has 0 saturated heterocycles. The number of hydrogen-bond acceptors (Lipinski definition) is 7. The van der Waals surface area contributed by atoms with Gasteiger partial charge in [0.1, 0.15) is 22.5 Å². The average molecular weight is 373 g/mol. The molecule has 7 nitrogen and oxygen atoms in total. The van der Waals surface area contributed by atoms with Crippen molar-refractivity contribution in [3.63, 3.8) is 0 Å². The van der Waals surface area contributed by atoms with Crippen molar-refractivity contribution in [3.8, 4) is 17.0 Å². The molecule has 9 heteroatoms. The van der Waals surface area contributed by atoms with Gasteiger partial charge in [-0.1, -0.05) is 23.7 Å². The predicted molar refractivity (Wildman–Crippen MR) is 97.9 cm³/mol. The molecule has 1 aromatic carbocycles. The van der Waals surface area contributed by atoms with E-state index in [1.807, 2.05) is 29.6 Å². The van der Waals surface area contributed by atoms with Gasteiger partial charge in [0.2, 0.25) is 10.9 Å². The molecule has 0 spiro atoms. The van der Waals surface area contributed by atoms with Crippen LogP contribution in [0.3, 0.4) is 0 Å². The van der Waals surface area contributed by atoms with Crippen LogP contribution >= 0.6 is 22.9 Å². The van der Waals surface area contributed by atoms with E-state index in [9.17, 15) is 0 Å². The highest BCUT2D eigenvalue weighted by atomic mass is 35.5. The number of rotatable bonds is 4. The first kappa shape index (κ1) is 15.8. The number of nitrogens with zero attached hydrogens (tertiary/aromatic N) is 5. The van der Waals surface area contributed by atoms with Crippen LogP contribution in [0.2, 0.25) is 5.15 Å². The summed E-state index contributed by atoms with van der Waals surface area (Å²) in [6.07, 6.45) is 0. The molecule has 0 atom stereocenters. The number of para-hydroxylation sites is 1. The summed E-state index contributed by atoms with van der Waals surface area (Å²) >= 11 is 7.46. The second-order valence-corrected chi connectivity index (χ2v) is 6.42. The Balaban J connectivity index is 1.73. The third-order valence-corrected chi connectivity index (χ3v) is 4.52. The second kappa shape index (κ2) is 6.30. The molecule has 3 aromatic heterocycles. The average Bonchev–Trinajstić information content (AvgIpc) is 3.13. The quantitative estimate of drug-likeness (QED) is 0.546. The lowest BCUT2D eigenvalue weighted by Gasteiger charge is -2.06. The first-order chi connectivity index (χ1) is 12.1. The lowest BCUT2D eigenvalue weighted by Crippen LogP contribution is -1.99. The van der Waals surface area contributed by atoms with Crippen LogP contribution in [-0.2, 0) is 0 Å². The number of hydrogen-bond donors (Lipinski definition) is 1. The van der Waals surface area contributed by atoms with Crippen LogP contribution in [0.25, 0.3) is 16.2 Å². The van der Waals surface area contributed by atoms with E-state index in [-0.39, 0.29) is 0 Å². The van der Waals surface area contributed by atoms with Crippen molar-refractivity contribution in [2.45, 2.75) is 6.92 Å². The summed E-state index contributed by atoms with van der Waals surface area (Å²) in [6, 6.07) is 9.43. The zero-order chi connectivity index (χ0) is 17.4. The molecule has 0 aliphatic rings. The maximum atomic E-state index is 5.96. The van der Waals surface area contributed by atoms with Gasteiger partial charge in [0.05, 0.1) is 12.8 Å². The molecule has 0 unspecified atom stereocenters. The van der Waals surface area contributed by atoms with Gasteiger partial charge in [0.15, 0.2) is 0 Å². The highest BCUT2D eigenvalue weighted by molar-refractivity contribution is 7.15. The number of methoxy groups -OCH3 is 1. The fourth-order valence-corrected chi connectivity index (χ4v) is 3.53. The highest BCUT2D eigenvalue weighted by Gasteiger charge is 2.15. The minimum atomic E-state index is 0.366. The lowest BCUT2D eigenvalue weighted by molar-refractivity contribution is 0.416. The Morgan fingerprint density at radius 3 is 2.84 bits per heavy atom. The van der Waals surface area contributed by atoms with Crippen molar-refractivity contribution in [3.05, 3.63) is 46.7 Å². The molecule has 3 heterocycles. The summed E-state index contributed by atoms with van der Waals surface area (Å²) < 4.78 is 7.22. The van der Waals surface area contributed by atoms with Gasteiger partial charge in [0.25, 0.3) is 0 Å². The van der Waals surface area contributed by atoms with Gasteiger partial charge < -0.3 is 10.1 Å². The van der Waals surface area contributed by atoms with E-state index >= 15 is 0 Å². The Morgan fingerprint density at radius 1 is 1.20 bits per heavy atom. The van der Waals surface area contributed by atoms with E-state index in [2.05, 4.69) is 25.4 Å². The minimum absolute atomic E-state index is 0.366. The predicted octanol–water partition coefficient (Wildman–Crippen LogP) is 3.96. The fraction of sp³-hybridized carbons (Fsp3) is 0.125. The molecule has 25 heavy (non-hydrogen) atoms. The SMILES string of the molecule is COc1ccccc1-c1csc2nc(Nc3cc(Cl)nc(C)n3)nn12. The van der Waals surface area contributed by atoms with Crippen molar-refractivity contribution >= 4 is 39.7 Å². The van der Waals surface area contributed by atoms with Crippen molar-refractivity contribution in [2.75, 3.05) is 12.4 Å². The summed E-state index contributed by atoms with van der Waals surface area (Å²) in [5.74, 6) is 2.35. The minimum Gasteiger partial charge on any atom is -0.496 e. The molecule has 0 bridgehead atoms. The molecule has 0 aliphatic heterocycles. The lowest BCUT2D eigenvalue weighted by atomic mass is 10.1. The molecule has 0 aliphatic carbocycles. The van der Waals surface area contributed by atoms with E-state index in [4.69, 9.17) is 16.3 Å². The molecular formula is C16H13ClN6OS. The van der Waals surface area contributed by atoms with Crippen LogP contribution in [0.1, 0.15) is 5.82 Å². The van der Waals surface area contributed by atoms with Crippen LogP contribution in [0.5, 0.6) is 5.75 Å². The fourth-order valence-electron chi connectivity index (χ4n) is 2.49. The number of nitrogens with one attached hydrogen (secondary N) is 1. The normalized spacial score (nSPS) is 11.0. The number of thiazole rings is 1. The second-order valence-electron chi connectivity index (χ2n) is 5.20. The van der Waals surface area contributed by atoms with E-state index < -0.39 is 0 Å². The summed E-state index contributed by atoms with van der Waals surface area (Å²) in [5, 5.41) is 9.96. The molecule has 0 radical (unpaired) electrons. The molecule has 4 rings (SSSR count). The number of aromatic nitrogens is 5. The van der Waals surface area contributed by atoms with E-state index in [1.165, 1.54) is 11.3 Å². The summed E-state index contributed by atoms with van der Waals surface area (Å²) in [7, 11) is 1.65. The van der Waals surface area contributed by atoms with Gasteiger partial charge in [0, 0.05) is 17.0 Å². The van der Waals surface area contributed by atoms with Crippen LogP contribution in [0, 0.1) is 6.92 Å². The van der Waals surface area contributed by atoms with Gasteiger partial charge in [-0.25, -0.2) is 14.5 Å². The van der Waals surface area contributed by atoms with Crippen molar-refractivity contribution in [1.82, 2.24) is 24.6 Å². The molecule has 0 saturated carbocycles. The Morgan fingerprint density at radius 2 is 2.04 bits per heavy atom. The van der Waals surface area contributed by atoms with E-state index in [1.54, 1.807) is 24.6 Å². The third kappa shape index (κ3) is 3.01. The molecule has 1 N–H and O–H groups in total. The molecule has 4 aromatic rings. The first-order valence-corrected chi connectivity index (χ1v) is 8.65. The molecule has 0 fully saturated rings. The number of fused-ring (bicyclic) bond motifs is 1. The van der Waals surface area contributed by atoms with Gasteiger partial charge >= 0.3 is 0 Å². The Hall–Kier alpha value is -2.71. The smallest absolute Gasteiger partial charge is 0.249 e. The summed E-state index contributed by atoms with van der Waals surface area (Å²) in [5.41, 5.74) is 1.86. The summed E-state index contributed by atoms with van der Waals surface area (Å²) in [4.78, 5) is 13.6.